The molecule has 0 saturated carbocycles. The van der Waals surface area contributed by atoms with Crippen LogP contribution < -0.4 is 14.8 Å². The van der Waals surface area contributed by atoms with Crippen LogP contribution in [0.4, 0.5) is 0 Å². The van der Waals surface area contributed by atoms with Crippen molar-refractivity contribution in [3.63, 3.8) is 0 Å². The SMILES string of the molecule is CCOc1cc(CN[C@@H](Cc2c[nH]c3ccccc23)C(=O)O)cc(Cl)c1OCc1ccccc1C. The minimum absolute atomic E-state index is 0.317. The van der Waals surface area contributed by atoms with E-state index in [-0.39, 0.29) is 0 Å². The highest BCUT2D eigenvalue weighted by molar-refractivity contribution is 6.32. The second kappa shape index (κ2) is 11.3. The largest absolute Gasteiger partial charge is 0.490 e. The fraction of sp³-hybridized carbons (Fsp3) is 0.250. The number of aryl methyl sites for hydroxylation is 1. The molecule has 3 aromatic carbocycles. The molecule has 0 radical (unpaired) electrons. The molecule has 0 spiro atoms. The maximum atomic E-state index is 12.0. The quantitative estimate of drug-likeness (QED) is 0.243. The number of hydrogen-bond acceptors (Lipinski definition) is 4. The molecular formula is C28H29ClN2O4. The Morgan fingerprint density at radius 2 is 1.86 bits per heavy atom. The van der Waals surface area contributed by atoms with Crippen molar-refractivity contribution in [2.45, 2.75) is 39.5 Å². The van der Waals surface area contributed by atoms with Crippen molar-refractivity contribution in [3.05, 3.63) is 94.1 Å². The van der Waals surface area contributed by atoms with Gasteiger partial charge in [0.15, 0.2) is 11.5 Å². The van der Waals surface area contributed by atoms with Crippen molar-refractivity contribution in [1.29, 1.82) is 0 Å². The Morgan fingerprint density at radius 3 is 2.63 bits per heavy atom. The number of benzene rings is 3. The lowest BCUT2D eigenvalue weighted by molar-refractivity contribution is -0.139. The molecule has 0 bridgehead atoms. The van der Waals surface area contributed by atoms with E-state index in [0.717, 1.165) is 33.2 Å². The molecule has 182 valence electrons. The molecule has 0 aliphatic carbocycles. The lowest BCUT2D eigenvalue weighted by Crippen LogP contribution is -2.38. The molecule has 0 unspecified atom stereocenters. The van der Waals surface area contributed by atoms with Crippen LogP contribution in [0, 0.1) is 6.92 Å². The van der Waals surface area contributed by atoms with Gasteiger partial charge in [-0.1, -0.05) is 54.1 Å². The molecule has 4 aromatic rings. The number of aromatic nitrogens is 1. The molecule has 0 saturated heterocycles. The van der Waals surface area contributed by atoms with Crippen LogP contribution in [0.15, 0.2) is 66.9 Å². The first kappa shape index (κ1) is 24.6. The van der Waals surface area contributed by atoms with E-state index in [1.807, 2.05) is 74.6 Å². The monoisotopic (exact) mass is 492 g/mol. The molecule has 0 fully saturated rings. The van der Waals surface area contributed by atoms with Gasteiger partial charge < -0.3 is 24.9 Å². The maximum absolute atomic E-state index is 12.0. The number of aromatic amines is 1. The Bertz CT molecular complexity index is 1320. The molecule has 1 aromatic heterocycles. The molecular weight excluding hydrogens is 464 g/mol. The zero-order valence-corrected chi connectivity index (χ0v) is 20.6. The van der Waals surface area contributed by atoms with E-state index >= 15 is 0 Å². The average Bonchev–Trinajstić information content (AvgIpc) is 3.25. The zero-order chi connectivity index (χ0) is 24.8. The Hall–Kier alpha value is -3.48. The molecule has 0 aliphatic heterocycles. The van der Waals surface area contributed by atoms with Crippen LogP contribution in [0.25, 0.3) is 10.9 Å². The third-order valence-corrected chi connectivity index (χ3v) is 6.23. The van der Waals surface area contributed by atoms with Gasteiger partial charge in [-0.3, -0.25) is 4.79 Å². The summed E-state index contributed by atoms with van der Waals surface area (Å²) in [5.41, 5.74) is 4.96. The van der Waals surface area contributed by atoms with E-state index in [0.29, 0.717) is 42.7 Å². The maximum Gasteiger partial charge on any atom is 0.321 e. The summed E-state index contributed by atoms with van der Waals surface area (Å²) < 4.78 is 11.8. The van der Waals surface area contributed by atoms with Gasteiger partial charge in [0.2, 0.25) is 0 Å². The van der Waals surface area contributed by atoms with Crippen molar-refractivity contribution < 1.29 is 19.4 Å². The Balaban J connectivity index is 1.48. The van der Waals surface area contributed by atoms with Gasteiger partial charge >= 0.3 is 5.97 Å². The lowest BCUT2D eigenvalue weighted by Gasteiger charge is -2.18. The molecule has 1 atom stereocenters. The number of ether oxygens (including phenoxy) is 2. The van der Waals surface area contributed by atoms with Gasteiger partial charge in [-0.05, 0) is 54.3 Å². The first-order valence-electron chi connectivity index (χ1n) is 11.6. The number of aliphatic carboxylic acids is 1. The Kier molecular flexibility index (Phi) is 7.95. The van der Waals surface area contributed by atoms with Crippen molar-refractivity contribution in [2.75, 3.05) is 6.61 Å². The highest BCUT2D eigenvalue weighted by Gasteiger charge is 2.20. The number of H-pyrrole nitrogens is 1. The number of para-hydroxylation sites is 1. The van der Waals surface area contributed by atoms with Crippen LogP contribution in [0.1, 0.15) is 29.2 Å². The van der Waals surface area contributed by atoms with Gasteiger partial charge in [-0.2, -0.15) is 0 Å². The second-order valence-corrected chi connectivity index (χ2v) is 8.80. The number of halogens is 1. The Labute approximate surface area is 209 Å². The third-order valence-electron chi connectivity index (χ3n) is 5.95. The molecule has 35 heavy (non-hydrogen) atoms. The summed E-state index contributed by atoms with van der Waals surface area (Å²) in [7, 11) is 0. The number of carbonyl (C=O) groups is 1. The fourth-order valence-corrected chi connectivity index (χ4v) is 4.34. The summed E-state index contributed by atoms with van der Waals surface area (Å²) in [6.07, 6.45) is 2.22. The van der Waals surface area contributed by atoms with E-state index in [2.05, 4.69) is 10.3 Å². The summed E-state index contributed by atoms with van der Waals surface area (Å²) in [4.78, 5) is 15.2. The van der Waals surface area contributed by atoms with Crippen LogP contribution in [-0.2, 0) is 24.4 Å². The van der Waals surface area contributed by atoms with Gasteiger partial charge in [0, 0.05) is 30.1 Å². The van der Waals surface area contributed by atoms with Crippen LogP contribution >= 0.6 is 11.6 Å². The lowest BCUT2D eigenvalue weighted by atomic mass is 10.0. The van der Waals surface area contributed by atoms with Gasteiger partial charge in [0.1, 0.15) is 12.6 Å². The first-order chi connectivity index (χ1) is 17.0. The zero-order valence-electron chi connectivity index (χ0n) is 19.8. The average molecular weight is 493 g/mol. The van der Waals surface area contributed by atoms with Crippen LogP contribution in [0.3, 0.4) is 0 Å². The number of nitrogens with one attached hydrogen (secondary N) is 2. The van der Waals surface area contributed by atoms with E-state index in [4.69, 9.17) is 21.1 Å². The fourth-order valence-electron chi connectivity index (χ4n) is 4.06. The Morgan fingerprint density at radius 1 is 1.09 bits per heavy atom. The molecule has 6 nitrogen and oxygen atoms in total. The smallest absolute Gasteiger partial charge is 0.321 e. The van der Waals surface area contributed by atoms with E-state index in [1.54, 1.807) is 6.07 Å². The molecule has 7 heteroatoms. The highest BCUT2D eigenvalue weighted by atomic mass is 35.5. The van der Waals surface area contributed by atoms with Gasteiger partial charge in [0.05, 0.1) is 11.6 Å². The summed E-state index contributed by atoms with van der Waals surface area (Å²) in [5.74, 6) is 0.104. The van der Waals surface area contributed by atoms with E-state index in [9.17, 15) is 9.90 Å². The molecule has 0 amide bonds. The van der Waals surface area contributed by atoms with Crippen LogP contribution in [-0.4, -0.2) is 28.7 Å². The van der Waals surface area contributed by atoms with E-state index in [1.165, 1.54) is 0 Å². The number of rotatable bonds is 11. The number of fused-ring (bicyclic) bond motifs is 1. The van der Waals surface area contributed by atoms with E-state index < -0.39 is 12.0 Å². The molecule has 3 N–H and O–H groups in total. The van der Waals surface area contributed by atoms with Crippen molar-refractivity contribution in [2.24, 2.45) is 0 Å². The standard InChI is InChI=1S/C28H29ClN2O4/c1-3-34-26-13-19(12-23(29)27(26)35-17-20-9-5-4-8-18(20)2)15-30-25(28(32)33)14-21-16-31-24-11-7-6-10-22(21)24/h4-13,16,25,30-31H,3,14-15,17H2,1-2H3,(H,32,33)/t25-/m0/s1. The number of carboxylic acids is 1. The topological polar surface area (TPSA) is 83.6 Å². The number of hydrogen-bond donors (Lipinski definition) is 3. The van der Waals surface area contributed by atoms with Gasteiger partial charge in [-0.15, -0.1) is 0 Å². The summed E-state index contributed by atoms with van der Waals surface area (Å²) in [6.45, 7) is 5.07. The minimum atomic E-state index is -0.912. The predicted octanol–water partition coefficient (Wildman–Crippen LogP) is 5.89. The second-order valence-electron chi connectivity index (χ2n) is 8.39. The molecule has 1 heterocycles. The molecule has 0 aliphatic rings. The van der Waals surface area contributed by atoms with Crippen molar-refractivity contribution in [3.8, 4) is 11.5 Å². The van der Waals surface area contributed by atoms with Gasteiger partial charge in [-0.25, -0.2) is 0 Å². The minimum Gasteiger partial charge on any atom is -0.490 e. The van der Waals surface area contributed by atoms with Crippen LogP contribution in [0.5, 0.6) is 11.5 Å². The normalized spacial score (nSPS) is 12.0. The molecule has 4 rings (SSSR count). The summed E-state index contributed by atoms with van der Waals surface area (Å²) >= 11 is 6.58. The first-order valence-corrected chi connectivity index (χ1v) is 12.0. The predicted molar refractivity (Wildman–Crippen MR) is 138 cm³/mol. The summed E-state index contributed by atoms with van der Waals surface area (Å²) in [6, 6.07) is 18.7. The van der Waals surface area contributed by atoms with Crippen molar-refractivity contribution in [1.82, 2.24) is 10.3 Å². The van der Waals surface area contributed by atoms with Gasteiger partial charge in [0.25, 0.3) is 0 Å². The summed E-state index contributed by atoms with van der Waals surface area (Å²) in [5, 5.41) is 14.4. The highest BCUT2D eigenvalue weighted by Crippen LogP contribution is 2.37. The van der Waals surface area contributed by atoms with Crippen molar-refractivity contribution >= 4 is 28.5 Å². The number of carboxylic acid groups (broad SMARTS) is 1. The third kappa shape index (κ3) is 5.96. The van der Waals surface area contributed by atoms with Crippen LogP contribution in [0.2, 0.25) is 5.02 Å².